The maximum atomic E-state index is 13.5. The van der Waals surface area contributed by atoms with E-state index in [1.807, 2.05) is 38.1 Å². The van der Waals surface area contributed by atoms with Gasteiger partial charge in [0.2, 0.25) is 5.95 Å². The molecule has 3 heterocycles. The minimum Gasteiger partial charge on any atom is -0.497 e. The highest BCUT2D eigenvalue weighted by Crippen LogP contribution is 2.26. The van der Waals surface area contributed by atoms with Crippen molar-refractivity contribution in [2.45, 2.75) is 26.9 Å². The van der Waals surface area contributed by atoms with E-state index in [4.69, 9.17) is 26.8 Å². The highest BCUT2D eigenvalue weighted by atomic mass is 35.5. The third kappa shape index (κ3) is 3.75. The van der Waals surface area contributed by atoms with Gasteiger partial charge in [-0.15, -0.1) is 0 Å². The van der Waals surface area contributed by atoms with Crippen LogP contribution in [-0.2, 0) is 13.1 Å². The number of anilines is 1. The zero-order chi connectivity index (χ0) is 23.0. The Balaban J connectivity index is 1.86. The first-order valence-electron chi connectivity index (χ1n) is 9.88. The fourth-order valence-corrected chi connectivity index (χ4v) is 4.04. The van der Waals surface area contributed by atoms with E-state index in [0.29, 0.717) is 16.9 Å². The Kier molecular flexibility index (Phi) is 5.75. The lowest BCUT2D eigenvalue weighted by molar-refractivity contribution is 0.406. The summed E-state index contributed by atoms with van der Waals surface area (Å²) in [6.45, 7) is 4.29. The number of halogens is 1. The monoisotopic (exact) mass is 454 g/mol. The number of hydrogen-bond donors (Lipinski definition) is 1. The molecule has 0 atom stereocenters. The fourth-order valence-electron chi connectivity index (χ4n) is 3.77. The van der Waals surface area contributed by atoms with E-state index in [0.717, 1.165) is 28.2 Å². The van der Waals surface area contributed by atoms with E-state index in [1.54, 1.807) is 25.0 Å². The first-order chi connectivity index (χ1) is 15.3. The molecule has 0 aliphatic heterocycles. The van der Waals surface area contributed by atoms with Gasteiger partial charge < -0.3 is 15.2 Å². The van der Waals surface area contributed by atoms with Crippen LogP contribution in [-0.4, -0.2) is 38.3 Å². The Morgan fingerprint density at radius 3 is 2.41 bits per heavy atom. The van der Waals surface area contributed by atoms with Gasteiger partial charge in [-0.1, -0.05) is 23.7 Å². The molecule has 9 nitrogen and oxygen atoms in total. The molecule has 0 amide bonds. The summed E-state index contributed by atoms with van der Waals surface area (Å²) in [6.07, 6.45) is 1.72. The van der Waals surface area contributed by atoms with E-state index in [1.165, 1.54) is 4.57 Å². The Morgan fingerprint density at radius 1 is 1.03 bits per heavy atom. The molecule has 3 aromatic heterocycles. The van der Waals surface area contributed by atoms with Gasteiger partial charge in [-0.3, -0.25) is 14.1 Å². The van der Waals surface area contributed by atoms with Crippen molar-refractivity contribution in [3.05, 3.63) is 68.5 Å². The van der Waals surface area contributed by atoms with E-state index < -0.39 is 0 Å². The van der Waals surface area contributed by atoms with Crippen LogP contribution in [0.15, 0.2) is 35.3 Å². The molecule has 32 heavy (non-hydrogen) atoms. The van der Waals surface area contributed by atoms with Gasteiger partial charge in [-0.05, 0) is 31.5 Å². The molecule has 0 fully saturated rings. The van der Waals surface area contributed by atoms with E-state index in [-0.39, 0.29) is 29.9 Å². The maximum absolute atomic E-state index is 13.5. The van der Waals surface area contributed by atoms with E-state index >= 15 is 0 Å². The van der Waals surface area contributed by atoms with Gasteiger partial charge in [-0.25, -0.2) is 4.79 Å². The Labute approximate surface area is 189 Å². The summed E-state index contributed by atoms with van der Waals surface area (Å²) in [5, 5.41) is 0.114. The lowest BCUT2D eigenvalue weighted by Crippen LogP contribution is -2.26. The summed E-state index contributed by atoms with van der Waals surface area (Å²) >= 11 is 6.41. The molecule has 0 spiro atoms. The van der Waals surface area contributed by atoms with Gasteiger partial charge in [0.05, 0.1) is 33.0 Å². The fraction of sp³-hybridized carbons (Fsp3) is 0.273. The smallest absolute Gasteiger partial charge is 0.331 e. The second-order valence-electron chi connectivity index (χ2n) is 7.39. The molecule has 2 N–H and O–H groups in total. The Morgan fingerprint density at radius 2 is 1.75 bits per heavy atom. The van der Waals surface area contributed by atoms with Crippen molar-refractivity contribution < 1.29 is 9.47 Å². The number of benzene rings is 1. The molecular formula is C22H23ClN6O3. The lowest BCUT2D eigenvalue weighted by Gasteiger charge is -2.12. The van der Waals surface area contributed by atoms with Crippen LogP contribution >= 0.6 is 11.6 Å². The predicted molar refractivity (Wildman–Crippen MR) is 123 cm³/mol. The molecule has 0 aliphatic rings. The van der Waals surface area contributed by atoms with Gasteiger partial charge in [0.15, 0.2) is 10.8 Å². The molecule has 0 unspecified atom stereocenters. The number of rotatable bonds is 6. The molecule has 0 radical (unpaired) electrons. The van der Waals surface area contributed by atoms with Crippen LogP contribution in [0.1, 0.15) is 22.4 Å². The summed E-state index contributed by atoms with van der Waals surface area (Å²) < 4.78 is 13.8. The van der Waals surface area contributed by atoms with Gasteiger partial charge in [0, 0.05) is 17.3 Å². The quantitative estimate of drug-likeness (QED) is 0.446. The summed E-state index contributed by atoms with van der Waals surface area (Å²) in [5.41, 5.74) is 9.66. The average molecular weight is 455 g/mol. The predicted octanol–water partition coefficient (Wildman–Crippen LogP) is 2.95. The van der Waals surface area contributed by atoms with Crippen LogP contribution in [0.4, 0.5) is 5.95 Å². The van der Waals surface area contributed by atoms with Crippen LogP contribution in [0.25, 0.3) is 11.2 Å². The number of methoxy groups -OCH3 is 2. The van der Waals surface area contributed by atoms with Crippen molar-refractivity contribution in [1.82, 2.24) is 24.1 Å². The summed E-state index contributed by atoms with van der Waals surface area (Å²) in [4.78, 5) is 26.4. The molecule has 0 bridgehead atoms. The molecule has 1 aromatic carbocycles. The molecule has 0 saturated heterocycles. The molecule has 166 valence electrons. The summed E-state index contributed by atoms with van der Waals surface area (Å²) in [6, 6.07) is 7.44. The number of aromatic nitrogens is 5. The third-order valence-electron chi connectivity index (χ3n) is 5.39. The SMILES string of the molecule is COc1ccc(Cn2c(=O)n(Cc3ncc(C)c(OC)c3C)c3nc(N)nc(Cl)c32)cc1. The summed E-state index contributed by atoms with van der Waals surface area (Å²) in [7, 11) is 3.21. The number of imidazole rings is 1. The number of nitrogen functional groups attached to an aromatic ring is 1. The third-order valence-corrected chi connectivity index (χ3v) is 5.65. The molecular weight excluding hydrogens is 432 g/mol. The minimum absolute atomic E-state index is 0.0102. The van der Waals surface area contributed by atoms with Gasteiger partial charge >= 0.3 is 5.69 Å². The van der Waals surface area contributed by atoms with Crippen molar-refractivity contribution in [2.24, 2.45) is 0 Å². The van der Waals surface area contributed by atoms with Crippen LogP contribution in [0.5, 0.6) is 11.5 Å². The van der Waals surface area contributed by atoms with Crippen LogP contribution in [0.2, 0.25) is 5.15 Å². The topological polar surface area (TPSA) is 110 Å². The lowest BCUT2D eigenvalue weighted by atomic mass is 10.1. The Hall–Kier alpha value is -3.59. The highest BCUT2D eigenvalue weighted by Gasteiger charge is 2.21. The van der Waals surface area contributed by atoms with Crippen molar-refractivity contribution in [1.29, 1.82) is 0 Å². The molecule has 0 saturated carbocycles. The Bertz CT molecular complexity index is 1360. The second kappa shape index (κ2) is 8.51. The largest absolute Gasteiger partial charge is 0.497 e. The van der Waals surface area contributed by atoms with Crippen LogP contribution in [0, 0.1) is 13.8 Å². The zero-order valence-electron chi connectivity index (χ0n) is 18.2. The van der Waals surface area contributed by atoms with Crippen LogP contribution in [0.3, 0.4) is 0 Å². The molecule has 4 rings (SSSR count). The van der Waals surface area contributed by atoms with Gasteiger partial charge in [0.25, 0.3) is 0 Å². The number of nitrogens with zero attached hydrogens (tertiary/aromatic N) is 5. The number of hydrogen-bond acceptors (Lipinski definition) is 7. The number of ether oxygens (including phenoxy) is 2. The van der Waals surface area contributed by atoms with Gasteiger partial charge in [0.1, 0.15) is 17.0 Å². The maximum Gasteiger partial charge on any atom is 0.331 e. The van der Waals surface area contributed by atoms with E-state index in [9.17, 15) is 4.79 Å². The summed E-state index contributed by atoms with van der Waals surface area (Å²) in [5.74, 6) is 1.45. The minimum atomic E-state index is -0.293. The number of pyridine rings is 1. The number of nitrogens with two attached hydrogens (primary N) is 1. The van der Waals surface area contributed by atoms with E-state index in [2.05, 4.69) is 15.0 Å². The standard InChI is InChI=1S/C22H23ClN6O3/c1-12-9-25-16(13(2)18(12)32-4)11-29-20-17(19(23)26-21(24)27-20)28(22(29)30)10-14-5-7-15(31-3)8-6-14/h5-9H,10-11H2,1-4H3,(H2,24,26,27). The average Bonchev–Trinajstić information content (AvgIpc) is 3.02. The number of fused-ring (bicyclic) bond motifs is 1. The number of aryl methyl sites for hydroxylation is 1. The molecule has 10 heteroatoms. The van der Waals surface area contributed by atoms with Crippen molar-refractivity contribution in [3.63, 3.8) is 0 Å². The highest BCUT2D eigenvalue weighted by molar-refractivity contribution is 6.33. The molecule has 4 aromatic rings. The normalized spacial score (nSPS) is 11.2. The van der Waals surface area contributed by atoms with Crippen molar-refractivity contribution in [2.75, 3.05) is 20.0 Å². The van der Waals surface area contributed by atoms with Gasteiger partial charge in [-0.2, -0.15) is 9.97 Å². The second-order valence-corrected chi connectivity index (χ2v) is 7.75. The molecule has 0 aliphatic carbocycles. The van der Waals surface area contributed by atoms with Crippen molar-refractivity contribution in [3.8, 4) is 11.5 Å². The van der Waals surface area contributed by atoms with Crippen LogP contribution < -0.4 is 20.9 Å². The van der Waals surface area contributed by atoms with Crippen molar-refractivity contribution >= 4 is 28.7 Å². The first kappa shape index (κ1) is 21.6. The first-order valence-corrected chi connectivity index (χ1v) is 10.3. The zero-order valence-corrected chi connectivity index (χ0v) is 19.0.